The van der Waals surface area contributed by atoms with Crippen LogP contribution < -0.4 is 15.8 Å². The lowest BCUT2D eigenvalue weighted by Crippen LogP contribution is -2.29. The topological polar surface area (TPSA) is 97.1 Å². The Bertz CT molecular complexity index is 701. The number of nitrogens with zero attached hydrogens (tertiary/aromatic N) is 1. The van der Waals surface area contributed by atoms with Gasteiger partial charge in [-0.1, -0.05) is 6.92 Å². The molecule has 1 aromatic carbocycles. The molecule has 0 aliphatic rings. The van der Waals surface area contributed by atoms with Crippen molar-refractivity contribution in [2.24, 2.45) is 0 Å². The summed E-state index contributed by atoms with van der Waals surface area (Å²) in [5.74, 6) is 0.0208. The SMILES string of the molecule is CCNS(=O)(=O)CCNc1ccc(N)c2ncccc12. The van der Waals surface area contributed by atoms with Crippen LogP contribution in [-0.4, -0.2) is 32.2 Å². The molecule has 0 atom stereocenters. The lowest BCUT2D eigenvalue weighted by atomic mass is 10.1. The molecule has 0 radical (unpaired) electrons. The maximum atomic E-state index is 11.6. The van der Waals surface area contributed by atoms with Crippen molar-refractivity contribution in [3.05, 3.63) is 30.5 Å². The highest BCUT2D eigenvalue weighted by atomic mass is 32.2. The third-order valence-corrected chi connectivity index (χ3v) is 4.32. The van der Waals surface area contributed by atoms with Crippen molar-refractivity contribution in [2.75, 3.05) is 29.9 Å². The summed E-state index contributed by atoms with van der Waals surface area (Å²) in [5, 5.41) is 4.00. The zero-order chi connectivity index (χ0) is 14.6. The molecule has 0 saturated heterocycles. The van der Waals surface area contributed by atoms with Crippen LogP contribution >= 0.6 is 0 Å². The van der Waals surface area contributed by atoms with Crippen LogP contribution in [0.15, 0.2) is 30.5 Å². The molecule has 6 nitrogen and oxygen atoms in total. The van der Waals surface area contributed by atoms with Crippen LogP contribution in [0.25, 0.3) is 10.9 Å². The summed E-state index contributed by atoms with van der Waals surface area (Å²) in [6, 6.07) is 7.32. The molecular weight excluding hydrogens is 276 g/mol. The second-order valence-corrected chi connectivity index (χ2v) is 6.27. The van der Waals surface area contributed by atoms with Gasteiger partial charge in [0, 0.05) is 30.4 Å². The molecule has 4 N–H and O–H groups in total. The molecule has 108 valence electrons. The van der Waals surface area contributed by atoms with Crippen molar-refractivity contribution in [1.29, 1.82) is 0 Å². The smallest absolute Gasteiger partial charge is 0.213 e. The van der Waals surface area contributed by atoms with Gasteiger partial charge in [-0.05, 0) is 24.3 Å². The van der Waals surface area contributed by atoms with Crippen molar-refractivity contribution in [3.8, 4) is 0 Å². The summed E-state index contributed by atoms with van der Waals surface area (Å²) in [7, 11) is -3.22. The molecule has 0 amide bonds. The fourth-order valence-electron chi connectivity index (χ4n) is 1.96. The Hall–Kier alpha value is -1.86. The van der Waals surface area contributed by atoms with Crippen LogP contribution in [0.5, 0.6) is 0 Å². The first kappa shape index (κ1) is 14.5. The molecule has 0 fully saturated rings. The van der Waals surface area contributed by atoms with Gasteiger partial charge in [0.25, 0.3) is 0 Å². The molecular formula is C13H18N4O2S. The van der Waals surface area contributed by atoms with Gasteiger partial charge in [-0.3, -0.25) is 4.98 Å². The Morgan fingerprint density at radius 3 is 2.85 bits per heavy atom. The number of hydrogen-bond acceptors (Lipinski definition) is 5. The number of pyridine rings is 1. The number of nitrogens with two attached hydrogens (primary N) is 1. The van der Waals surface area contributed by atoms with E-state index >= 15 is 0 Å². The number of nitrogen functional groups attached to an aromatic ring is 1. The van der Waals surface area contributed by atoms with Gasteiger partial charge in [0.15, 0.2) is 0 Å². The normalized spacial score (nSPS) is 11.7. The van der Waals surface area contributed by atoms with Crippen molar-refractivity contribution < 1.29 is 8.42 Å². The summed E-state index contributed by atoms with van der Waals surface area (Å²) < 4.78 is 25.6. The fourth-order valence-corrected chi connectivity index (χ4v) is 2.92. The van der Waals surface area contributed by atoms with Gasteiger partial charge in [0.2, 0.25) is 10.0 Å². The Balaban J connectivity index is 2.13. The summed E-state index contributed by atoms with van der Waals surface area (Å²) >= 11 is 0. The molecule has 1 heterocycles. The first-order valence-electron chi connectivity index (χ1n) is 6.38. The molecule has 0 saturated carbocycles. The Morgan fingerprint density at radius 2 is 2.10 bits per heavy atom. The number of nitrogens with one attached hydrogen (secondary N) is 2. The number of anilines is 2. The van der Waals surface area contributed by atoms with E-state index < -0.39 is 10.0 Å². The monoisotopic (exact) mass is 294 g/mol. The fraction of sp³-hybridized carbons (Fsp3) is 0.308. The van der Waals surface area contributed by atoms with E-state index in [1.807, 2.05) is 18.2 Å². The maximum Gasteiger partial charge on any atom is 0.213 e. The minimum absolute atomic E-state index is 0.0208. The number of fused-ring (bicyclic) bond motifs is 1. The molecule has 7 heteroatoms. The van der Waals surface area contributed by atoms with Crippen LogP contribution in [-0.2, 0) is 10.0 Å². The summed E-state index contributed by atoms with van der Waals surface area (Å²) in [6.07, 6.45) is 1.68. The zero-order valence-corrected chi connectivity index (χ0v) is 12.1. The number of hydrogen-bond donors (Lipinski definition) is 3. The second-order valence-electron chi connectivity index (χ2n) is 4.35. The van der Waals surface area contributed by atoms with Crippen molar-refractivity contribution in [2.45, 2.75) is 6.92 Å². The van der Waals surface area contributed by atoms with Gasteiger partial charge in [-0.15, -0.1) is 0 Å². The van der Waals surface area contributed by atoms with Crippen molar-refractivity contribution >= 4 is 32.3 Å². The molecule has 20 heavy (non-hydrogen) atoms. The zero-order valence-electron chi connectivity index (χ0n) is 11.3. The number of benzene rings is 1. The molecule has 0 spiro atoms. The van der Waals surface area contributed by atoms with Gasteiger partial charge < -0.3 is 11.1 Å². The van der Waals surface area contributed by atoms with E-state index in [2.05, 4.69) is 15.0 Å². The average molecular weight is 294 g/mol. The standard InChI is InChI=1S/C13H18N4O2S/c1-2-17-20(18,19)9-8-15-12-6-5-11(14)13-10(12)4-3-7-16-13/h3-7,15,17H,2,8-9,14H2,1H3. The van der Waals surface area contributed by atoms with Crippen LogP contribution in [0.3, 0.4) is 0 Å². The van der Waals surface area contributed by atoms with E-state index in [0.717, 1.165) is 11.1 Å². The molecule has 0 bridgehead atoms. The highest BCUT2D eigenvalue weighted by Gasteiger charge is 2.09. The number of aromatic nitrogens is 1. The lowest BCUT2D eigenvalue weighted by Gasteiger charge is -2.11. The molecule has 0 aliphatic heterocycles. The van der Waals surface area contributed by atoms with Crippen LogP contribution in [0.2, 0.25) is 0 Å². The highest BCUT2D eigenvalue weighted by Crippen LogP contribution is 2.26. The van der Waals surface area contributed by atoms with Crippen LogP contribution in [0.4, 0.5) is 11.4 Å². The molecule has 2 aromatic rings. The van der Waals surface area contributed by atoms with E-state index in [0.29, 0.717) is 24.3 Å². The average Bonchev–Trinajstić information content (AvgIpc) is 2.41. The minimum Gasteiger partial charge on any atom is -0.397 e. The van der Waals surface area contributed by atoms with Gasteiger partial charge in [0.1, 0.15) is 0 Å². The van der Waals surface area contributed by atoms with Gasteiger partial charge in [-0.25, -0.2) is 13.1 Å². The third-order valence-electron chi connectivity index (χ3n) is 2.85. The number of sulfonamides is 1. The molecule has 0 unspecified atom stereocenters. The van der Waals surface area contributed by atoms with Gasteiger partial charge in [0.05, 0.1) is 17.0 Å². The predicted octanol–water partition coefficient (Wildman–Crippen LogP) is 1.17. The van der Waals surface area contributed by atoms with E-state index in [1.54, 1.807) is 19.2 Å². The number of rotatable bonds is 6. The third kappa shape index (κ3) is 3.37. The second kappa shape index (κ2) is 6.06. The maximum absolute atomic E-state index is 11.6. The molecule has 1 aromatic heterocycles. The Labute approximate surface area is 118 Å². The molecule has 0 aliphatic carbocycles. The van der Waals surface area contributed by atoms with Crippen molar-refractivity contribution in [1.82, 2.24) is 9.71 Å². The largest absolute Gasteiger partial charge is 0.397 e. The Morgan fingerprint density at radius 1 is 1.30 bits per heavy atom. The van der Waals surface area contributed by atoms with E-state index in [4.69, 9.17) is 5.73 Å². The van der Waals surface area contributed by atoms with E-state index in [-0.39, 0.29) is 5.75 Å². The first-order valence-corrected chi connectivity index (χ1v) is 8.03. The summed E-state index contributed by atoms with van der Waals surface area (Å²) in [6.45, 7) is 2.48. The summed E-state index contributed by atoms with van der Waals surface area (Å²) in [4.78, 5) is 4.23. The highest BCUT2D eigenvalue weighted by molar-refractivity contribution is 7.89. The van der Waals surface area contributed by atoms with Crippen LogP contribution in [0, 0.1) is 0 Å². The first-order chi connectivity index (χ1) is 9.53. The van der Waals surface area contributed by atoms with Gasteiger partial charge in [-0.2, -0.15) is 0 Å². The lowest BCUT2D eigenvalue weighted by molar-refractivity contribution is 0.584. The summed E-state index contributed by atoms with van der Waals surface area (Å²) in [5.41, 5.74) is 8.01. The van der Waals surface area contributed by atoms with E-state index in [9.17, 15) is 8.42 Å². The van der Waals surface area contributed by atoms with Crippen LogP contribution in [0.1, 0.15) is 6.92 Å². The van der Waals surface area contributed by atoms with E-state index in [1.165, 1.54) is 0 Å². The molecule has 2 rings (SSSR count). The Kier molecular flexibility index (Phi) is 4.41. The van der Waals surface area contributed by atoms with Gasteiger partial charge >= 0.3 is 0 Å². The van der Waals surface area contributed by atoms with Crippen molar-refractivity contribution in [3.63, 3.8) is 0 Å². The quantitative estimate of drug-likeness (QED) is 0.695. The predicted molar refractivity (Wildman–Crippen MR) is 82.1 cm³/mol. The minimum atomic E-state index is -3.22.